The van der Waals surface area contributed by atoms with Gasteiger partial charge in [-0.05, 0) is 70.0 Å². The highest BCUT2D eigenvalue weighted by Gasteiger charge is 2.18. The lowest BCUT2D eigenvalue weighted by atomic mass is 9.99. The highest BCUT2D eigenvalue weighted by atomic mass is 127. The van der Waals surface area contributed by atoms with Crippen molar-refractivity contribution in [1.82, 2.24) is 15.1 Å². The average molecular weight is 436 g/mol. The lowest BCUT2D eigenvalue weighted by molar-refractivity contribution is 0.189. The summed E-state index contributed by atoms with van der Waals surface area (Å²) in [6.45, 7) is 12.0. The summed E-state index contributed by atoms with van der Waals surface area (Å²) in [4.78, 5) is 9.52. The van der Waals surface area contributed by atoms with Crippen LogP contribution in [-0.4, -0.2) is 62.1 Å². The van der Waals surface area contributed by atoms with Crippen LogP contribution < -0.4 is 5.32 Å². The monoisotopic (exact) mass is 436 g/mol. The van der Waals surface area contributed by atoms with Gasteiger partial charge in [-0.2, -0.15) is 0 Å². The zero-order valence-corrected chi connectivity index (χ0v) is 17.7. The summed E-state index contributed by atoms with van der Waals surface area (Å²) in [7, 11) is 1.91. The Labute approximate surface area is 160 Å². The van der Waals surface area contributed by atoms with Gasteiger partial charge in [0.2, 0.25) is 0 Å². The number of hydrogen-bond acceptors (Lipinski definition) is 2. The van der Waals surface area contributed by atoms with Crippen molar-refractivity contribution in [2.24, 2.45) is 16.8 Å². The molecule has 2 saturated heterocycles. The summed E-state index contributed by atoms with van der Waals surface area (Å²) in [5.41, 5.74) is 0. The topological polar surface area (TPSA) is 30.9 Å². The van der Waals surface area contributed by atoms with Gasteiger partial charge in [-0.3, -0.25) is 4.99 Å². The molecule has 0 atom stereocenters. The van der Waals surface area contributed by atoms with Crippen LogP contribution in [0.1, 0.15) is 52.4 Å². The first-order valence-electron chi connectivity index (χ1n) is 9.37. The third-order valence-electron chi connectivity index (χ3n) is 5.36. The second-order valence-corrected chi connectivity index (χ2v) is 7.37. The lowest BCUT2D eigenvalue weighted by Gasteiger charge is -2.33. The lowest BCUT2D eigenvalue weighted by Crippen LogP contribution is -2.45. The van der Waals surface area contributed by atoms with Crippen LogP contribution in [0.5, 0.6) is 0 Å². The van der Waals surface area contributed by atoms with Crippen LogP contribution in [0, 0.1) is 11.8 Å². The van der Waals surface area contributed by atoms with Crippen molar-refractivity contribution in [3.63, 3.8) is 0 Å². The second-order valence-electron chi connectivity index (χ2n) is 7.37. The number of aliphatic imine (C=N–C) groups is 1. The fourth-order valence-electron chi connectivity index (χ4n) is 3.50. The molecule has 0 aromatic heterocycles. The van der Waals surface area contributed by atoms with E-state index in [2.05, 4.69) is 34.0 Å². The summed E-state index contributed by atoms with van der Waals surface area (Å²) < 4.78 is 0. The summed E-state index contributed by atoms with van der Waals surface area (Å²) in [6.07, 6.45) is 7.92. The normalized spacial score (nSPS) is 22.0. The third-order valence-corrected chi connectivity index (χ3v) is 5.36. The fraction of sp³-hybridized carbons (Fsp3) is 0.944. The number of hydrogen-bond donors (Lipinski definition) is 1. The Kier molecular flexibility index (Phi) is 10.5. The molecule has 2 fully saturated rings. The van der Waals surface area contributed by atoms with Gasteiger partial charge in [-0.25, -0.2) is 0 Å². The van der Waals surface area contributed by atoms with Crippen LogP contribution in [0.15, 0.2) is 4.99 Å². The van der Waals surface area contributed by atoms with Crippen molar-refractivity contribution < 1.29 is 0 Å². The van der Waals surface area contributed by atoms with Crippen molar-refractivity contribution in [2.75, 3.05) is 46.3 Å². The Hall–Kier alpha value is -0.0400. The number of rotatable bonds is 5. The molecule has 0 aromatic rings. The number of nitrogens with one attached hydrogen (secondary N) is 1. The van der Waals surface area contributed by atoms with E-state index in [0.717, 1.165) is 37.4 Å². The van der Waals surface area contributed by atoms with E-state index in [0.29, 0.717) is 0 Å². The van der Waals surface area contributed by atoms with Crippen molar-refractivity contribution in [2.45, 2.75) is 52.4 Å². The molecule has 0 aliphatic carbocycles. The van der Waals surface area contributed by atoms with E-state index in [1.807, 2.05) is 7.05 Å². The number of unbranched alkanes of at least 4 members (excludes halogenated alkanes) is 1. The molecule has 2 aliphatic heterocycles. The number of piperidine rings is 2. The molecule has 136 valence electrons. The Bertz CT molecular complexity index is 332. The number of likely N-dealkylation sites (tertiary alicyclic amines) is 2. The Morgan fingerprint density at radius 3 is 2.09 bits per heavy atom. The van der Waals surface area contributed by atoms with Crippen LogP contribution in [0.2, 0.25) is 0 Å². The molecule has 0 bridgehead atoms. The van der Waals surface area contributed by atoms with Crippen LogP contribution in [0.25, 0.3) is 0 Å². The zero-order valence-electron chi connectivity index (χ0n) is 15.4. The summed E-state index contributed by atoms with van der Waals surface area (Å²) in [6, 6.07) is 0. The summed E-state index contributed by atoms with van der Waals surface area (Å²) in [5.74, 6) is 2.92. The van der Waals surface area contributed by atoms with E-state index in [-0.39, 0.29) is 24.0 Å². The molecule has 0 amide bonds. The predicted octanol–water partition coefficient (Wildman–Crippen LogP) is 3.42. The SMILES string of the molecule is CN=C(NCCCCN1CCC(C)CC1)N1CCC(C)CC1.I. The van der Waals surface area contributed by atoms with E-state index in [1.165, 1.54) is 58.2 Å². The Balaban J connectivity index is 0.00000264. The molecule has 0 radical (unpaired) electrons. The highest BCUT2D eigenvalue weighted by Crippen LogP contribution is 2.17. The van der Waals surface area contributed by atoms with Gasteiger partial charge in [0.05, 0.1) is 0 Å². The summed E-state index contributed by atoms with van der Waals surface area (Å²) in [5, 5.41) is 3.56. The van der Waals surface area contributed by atoms with Gasteiger partial charge < -0.3 is 15.1 Å². The molecule has 0 saturated carbocycles. The number of nitrogens with zero attached hydrogens (tertiary/aromatic N) is 3. The van der Waals surface area contributed by atoms with E-state index in [1.54, 1.807) is 0 Å². The number of halogens is 1. The molecule has 0 aromatic carbocycles. The molecule has 2 heterocycles. The van der Waals surface area contributed by atoms with Gasteiger partial charge in [-0.15, -0.1) is 24.0 Å². The van der Waals surface area contributed by atoms with Crippen molar-refractivity contribution in [1.29, 1.82) is 0 Å². The minimum absolute atomic E-state index is 0. The molecule has 4 nitrogen and oxygen atoms in total. The molecule has 2 aliphatic rings. The second kappa shape index (κ2) is 11.5. The van der Waals surface area contributed by atoms with E-state index >= 15 is 0 Å². The molecule has 5 heteroatoms. The van der Waals surface area contributed by atoms with Crippen molar-refractivity contribution in [3.8, 4) is 0 Å². The molecule has 1 N–H and O–H groups in total. The molecule has 2 rings (SSSR count). The molecule has 0 spiro atoms. The van der Waals surface area contributed by atoms with Gasteiger partial charge in [0, 0.05) is 26.7 Å². The minimum Gasteiger partial charge on any atom is -0.356 e. The standard InChI is InChI=1S/C18H36N4.HI/c1-16-6-12-21(13-7-16)11-5-4-10-20-18(19-3)22-14-8-17(2)9-15-22;/h16-17H,4-15H2,1-3H3,(H,19,20);1H. The number of guanidine groups is 1. The quantitative estimate of drug-likeness (QED) is 0.310. The Morgan fingerprint density at radius 2 is 1.52 bits per heavy atom. The predicted molar refractivity (Wildman–Crippen MR) is 111 cm³/mol. The first-order chi connectivity index (χ1) is 10.7. The molecular weight excluding hydrogens is 399 g/mol. The van der Waals surface area contributed by atoms with Gasteiger partial charge in [0.25, 0.3) is 0 Å². The van der Waals surface area contributed by atoms with Gasteiger partial charge in [-0.1, -0.05) is 13.8 Å². The largest absolute Gasteiger partial charge is 0.356 e. The smallest absolute Gasteiger partial charge is 0.193 e. The first-order valence-corrected chi connectivity index (χ1v) is 9.37. The van der Waals surface area contributed by atoms with Crippen LogP contribution in [-0.2, 0) is 0 Å². The average Bonchev–Trinajstić information content (AvgIpc) is 2.54. The maximum atomic E-state index is 4.45. The summed E-state index contributed by atoms with van der Waals surface area (Å²) >= 11 is 0. The van der Waals surface area contributed by atoms with Gasteiger partial charge in [0.1, 0.15) is 0 Å². The van der Waals surface area contributed by atoms with Crippen LogP contribution in [0.3, 0.4) is 0 Å². The van der Waals surface area contributed by atoms with Crippen LogP contribution in [0.4, 0.5) is 0 Å². The first kappa shape index (κ1) is 21.0. The molecule has 23 heavy (non-hydrogen) atoms. The minimum atomic E-state index is 0. The highest BCUT2D eigenvalue weighted by molar-refractivity contribution is 14.0. The van der Waals surface area contributed by atoms with E-state index < -0.39 is 0 Å². The van der Waals surface area contributed by atoms with Gasteiger partial charge >= 0.3 is 0 Å². The maximum absolute atomic E-state index is 4.45. The van der Waals surface area contributed by atoms with Crippen molar-refractivity contribution in [3.05, 3.63) is 0 Å². The fourth-order valence-corrected chi connectivity index (χ4v) is 3.50. The van der Waals surface area contributed by atoms with Crippen molar-refractivity contribution >= 4 is 29.9 Å². The van der Waals surface area contributed by atoms with Gasteiger partial charge in [0.15, 0.2) is 5.96 Å². The molecular formula is C18H37IN4. The Morgan fingerprint density at radius 1 is 0.957 bits per heavy atom. The van der Waals surface area contributed by atoms with E-state index in [9.17, 15) is 0 Å². The zero-order chi connectivity index (χ0) is 15.8. The molecule has 0 unspecified atom stereocenters. The van der Waals surface area contributed by atoms with Crippen LogP contribution >= 0.6 is 24.0 Å². The van der Waals surface area contributed by atoms with E-state index in [4.69, 9.17) is 0 Å². The maximum Gasteiger partial charge on any atom is 0.193 e. The third kappa shape index (κ3) is 7.59.